The van der Waals surface area contributed by atoms with Gasteiger partial charge in [-0.05, 0) is 12.1 Å². The number of methoxy groups -OCH3 is 1. The summed E-state index contributed by atoms with van der Waals surface area (Å²) >= 11 is 0. The summed E-state index contributed by atoms with van der Waals surface area (Å²) in [6.45, 7) is 1.65. The smallest absolute Gasteiger partial charge is 0.274 e. The van der Waals surface area contributed by atoms with Gasteiger partial charge in [0.25, 0.3) is 11.8 Å². The third-order valence-electron chi connectivity index (χ3n) is 4.49. The first-order chi connectivity index (χ1) is 14.0. The molecule has 0 unspecified atom stereocenters. The first-order valence-corrected chi connectivity index (χ1v) is 9.23. The van der Waals surface area contributed by atoms with Crippen molar-refractivity contribution in [3.8, 4) is 5.75 Å². The molecule has 9 heteroatoms. The van der Waals surface area contributed by atoms with Crippen LogP contribution in [-0.2, 0) is 4.74 Å². The molecule has 0 radical (unpaired) electrons. The quantitative estimate of drug-likeness (QED) is 0.640. The third-order valence-corrected chi connectivity index (χ3v) is 4.49. The Balaban J connectivity index is 1.66. The number of aromatic nitrogens is 1. The molecule has 0 bridgehead atoms. The van der Waals surface area contributed by atoms with E-state index in [2.05, 4.69) is 5.32 Å². The standard InChI is InChI=1S/C20H24N4O5/c1-22-14-23(9-11-28-2)20(27)17-12-18(25)16(13-24(17)22)19(26)21-8-10-29-15-6-4-3-5-7-15/h3-7,12-13H,8-11,14H2,1-2H3,(H,21,26). The van der Waals surface area contributed by atoms with Crippen molar-refractivity contribution >= 4 is 11.8 Å². The molecule has 154 valence electrons. The zero-order valence-electron chi connectivity index (χ0n) is 16.5. The molecule has 0 aliphatic carbocycles. The fourth-order valence-electron chi connectivity index (χ4n) is 3.00. The highest BCUT2D eigenvalue weighted by atomic mass is 16.5. The van der Waals surface area contributed by atoms with E-state index in [4.69, 9.17) is 9.47 Å². The maximum atomic E-state index is 12.6. The molecule has 2 amide bonds. The van der Waals surface area contributed by atoms with Gasteiger partial charge in [-0.25, -0.2) is 0 Å². The first kappa shape index (κ1) is 20.4. The largest absolute Gasteiger partial charge is 0.492 e. The van der Waals surface area contributed by atoms with Gasteiger partial charge in [-0.2, -0.15) is 0 Å². The molecule has 2 aromatic rings. The molecule has 9 nitrogen and oxygen atoms in total. The summed E-state index contributed by atoms with van der Waals surface area (Å²) in [6.07, 6.45) is 1.40. The van der Waals surface area contributed by atoms with Crippen LogP contribution in [0.2, 0.25) is 0 Å². The van der Waals surface area contributed by atoms with Crippen LogP contribution in [0, 0.1) is 0 Å². The number of para-hydroxylation sites is 1. The summed E-state index contributed by atoms with van der Waals surface area (Å²) in [6, 6.07) is 10.4. The van der Waals surface area contributed by atoms with Crippen molar-refractivity contribution in [1.29, 1.82) is 0 Å². The van der Waals surface area contributed by atoms with Crippen LogP contribution in [0.5, 0.6) is 5.75 Å². The number of carbonyl (C=O) groups excluding carboxylic acids is 2. The van der Waals surface area contributed by atoms with Gasteiger partial charge in [0.05, 0.1) is 13.2 Å². The molecular formula is C20H24N4O5. The number of hydrogen-bond donors (Lipinski definition) is 1. The lowest BCUT2D eigenvalue weighted by Crippen LogP contribution is -2.53. The van der Waals surface area contributed by atoms with E-state index < -0.39 is 11.3 Å². The molecule has 0 saturated carbocycles. The van der Waals surface area contributed by atoms with Gasteiger partial charge in [0, 0.05) is 33.0 Å². The first-order valence-electron chi connectivity index (χ1n) is 9.23. The molecule has 0 atom stereocenters. The van der Waals surface area contributed by atoms with E-state index in [1.54, 1.807) is 24.1 Å². The average molecular weight is 400 g/mol. The molecule has 1 N–H and O–H groups in total. The summed E-state index contributed by atoms with van der Waals surface area (Å²) in [5.74, 6) is -0.0844. The Hall–Kier alpha value is -3.33. The molecule has 3 rings (SSSR count). The molecule has 1 aromatic heterocycles. The lowest BCUT2D eigenvalue weighted by atomic mass is 10.2. The highest BCUT2D eigenvalue weighted by Crippen LogP contribution is 2.12. The fourth-order valence-corrected chi connectivity index (χ4v) is 3.00. The third kappa shape index (κ3) is 4.75. The Morgan fingerprint density at radius 3 is 2.66 bits per heavy atom. The van der Waals surface area contributed by atoms with Crippen LogP contribution >= 0.6 is 0 Å². The highest BCUT2D eigenvalue weighted by molar-refractivity contribution is 5.97. The molecule has 1 aliphatic rings. The van der Waals surface area contributed by atoms with Gasteiger partial charge in [-0.1, -0.05) is 18.2 Å². The van der Waals surface area contributed by atoms with Crippen molar-refractivity contribution < 1.29 is 19.1 Å². The number of pyridine rings is 1. The number of benzene rings is 1. The number of nitrogens with zero attached hydrogens (tertiary/aromatic N) is 3. The number of fused-ring (bicyclic) bond motifs is 1. The monoisotopic (exact) mass is 400 g/mol. The van der Waals surface area contributed by atoms with Crippen molar-refractivity contribution in [2.45, 2.75) is 0 Å². The van der Waals surface area contributed by atoms with Gasteiger partial charge in [0.15, 0.2) is 5.43 Å². The molecular weight excluding hydrogens is 376 g/mol. The van der Waals surface area contributed by atoms with Gasteiger partial charge < -0.3 is 19.7 Å². The predicted molar refractivity (Wildman–Crippen MR) is 107 cm³/mol. The summed E-state index contributed by atoms with van der Waals surface area (Å²) < 4.78 is 12.1. The minimum Gasteiger partial charge on any atom is -0.492 e. The second-order valence-electron chi connectivity index (χ2n) is 6.56. The van der Waals surface area contributed by atoms with Crippen LogP contribution < -0.4 is 20.5 Å². The summed E-state index contributed by atoms with van der Waals surface area (Å²) in [5, 5.41) is 4.42. The number of ether oxygens (including phenoxy) is 2. The van der Waals surface area contributed by atoms with Crippen LogP contribution in [0.3, 0.4) is 0 Å². The molecule has 0 saturated heterocycles. The van der Waals surface area contributed by atoms with E-state index >= 15 is 0 Å². The average Bonchev–Trinajstić information content (AvgIpc) is 2.73. The zero-order valence-corrected chi connectivity index (χ0v) is 16.5. The Kier molecular flexibility index (Phi) is 6.50. The van der Waals surface area contributed by atoms with Gasteiger partial charge in [-0.15, -0.1) is 0 Å². The van der Waals surface area contributed by atoms with Gasteiger partial charge >= 0.3 is 0 Å². The van der Waals surface area contributed by atoms with Crippen molar-refractivity contribution in [1.82, 2.24) is 14.9 Å². The summed E-state index contributed by atoms with van der Waals surface area (Å²) in [4.78, 5) is 39.1. The van der Waals surface area contributed by atoms with Crippen molar-refractivity contribution in [3.05, 3.63) is 64.1 Å². The van der Waals surface area contributed by atoms with Crippen molar-refractivity contribution in [3.63, 3.8) is 0 Å². The molecule has 1 aromatic carbocycles. The minimum absolute atomic E-state index is 0.0292. The van der Waals surface area contributed by atoms with Crippen LogP contribution in [0.4, 0.5) is 0 Å². The number of hydrogen-bond acceptors (Lipinski definition) is 6. The van der Waals surface area contributed by atoms with E-state index in [1.807, 2.05) is 30.3 Å². The summed E-state index contributed by atoms with van der Waals surface area (Å²) in [5.41, 5.74) is -0.324. The van der Waals surface area contributed by atoms with Gasteiger partial charge in [-0.3, -0.25) is 24.1 Å². The molecule has 29 heavy (non-hydrogen) atoms. The highest BCUT2D eigenvalue weighted by Gasteiger charge is 2.28. The Labute approximate surface area is 168 Å². The van der Waals surface area contributed by atoms with Gasteiger partial charge in [0.1, 0.15) is 30.3 Å². The van der Waals surface area contributed by atoms with E-state index in [-0.39, 0.29) is 30.3 Å². The normalized spacial score (nSPS) is 13.2. The SMILES string of the molecule is COCCN1CN(C)n2cc(C(=O)NCCOc3ccccc3)c(=O)cc2C1=O. The predicted octanol–water partition coefficient (Wildman–Crippen LogP) is 0.285. The number of nitrogens with one attached hydrogen (secondary N) is 1. The maximum absolute atomic E-state index is 12.6. The van der Waals surface area contributed by atoms with E-state index in [1.165, 1.54) is 16.9 Å². The number of rotatable bonds is 8. The van der Waals surface area contributed by atoms with E-state index in [9.17, 15) is 14.4 Å². The fraction of sp³-hybridized carbons (Fsp3) is 0.350. The van der Waals surface area contributed by atoms with Crippen LogP contribution in [0.25, 0.3) is 0 Å². The van der Waals surface area contributed by atoms with Crippen LogP contribution in [-0.4, -0.2) is 68.5 Å². The molecule has 2 heterocycles. The second-order valence-corrected chi connectivity index (χ2v) is 6.56. The van der Waals surface area contributed by atoms with E-state index in [0.717, 1.165) is 0 Å². The lowest BCUT2D eigenvalue weighted by molar-refractivity contribution is 0.0634. The Morgan fingerprint density at radius 1 is 1.17 bits per heavy atom. The van der Waals surface area contributed by atoms with E-state index in [0.29, 0.717) is 25.6 Å². The second kappa shape index (κ2) is 9.24. The Bertz CT molecular complexity index is 928. The Morgan fingerprint density at radius 2 is 1.93 bits per heavy atom. The van der Waals surface area contributed by atoms with Gasteiger partial charge in [0.2, 0.25) is 0 Å². The van der Waals surface area contributed by atoms with Crippen LogP contribution in [0.15, 0.2) is 47.4 Å². The molecule has 0 spiro atoms. The van der Waals surface area contributed by atoms with Crippen LogP contribution in [0.1, 0.15) is 20.8 Å². The number of amides is 2. The minimum atomic E-state index is -0.510. The number of carbonyl (C=O) groups is 2. The molecule has 1 aliphatic heterocycles. The summed E-state index contributed by atoms with van der Waals surface area (Å²) in [7, 11) is 3.34. The topological polar surface area (TPSA) is 93.1 Å². The zero-order chi connectivity index (χ0) is 20.8. The molecule has 0 fully saturated rings. The maximum Gasteiger partial charge on any atom is 0.274 e. The van der Waals surface area contributed by atoms with Crippen molar-refractivity contribution in [2.75, 3.05) is 52.1 Å². The van der Waals surface area contributed by atoms with Crippen molar-refractivity contribution in [2.24, 2.45) is 0 Å². The lowest BCUT2D eigenvalue weighted by Gasteiger charge is -2.37.